The molecule has 0 saturated carbocycles. The molecule has 8 heteroatoms. The van der Waals surface area contributed by atoms with E-state index in [0.29, 0.717) is 13.0 Å². The maximum atomic E-state index is 12.5. The topological polar surface area (TPSA) is 100 Å². The Morgan fingerprint density at radius 2 is 2.22 bits per heavy atom. The van der Waals surface area contributed by atoms with Gasteiger partial charge in [0.25, 0.3) is 0 Å². The van der Waals surface area contributed by atoms with Gasteiger partial charge in [-0.05, 0) is 17.7 Å². The van der Waals surface area contributed by atoms with Gasteiger partial charge in [-0.1, -0.05) is 0 Å². The maximum absolute atomic E-state index is 12.5. The molecule has 120 valence electrons. The monoisotopic (exact) mass is 315 g/mol. The number of nitrogens with zero attached hydrogens (tertiary/aromatic N) is 3. The number of imidazole rings is 1. The largest absolute Gasteiger partial charge is 0.468 e. The number of ether oxygens (including phenoxy) is 1. The van der Waals surface area contributed by atoms with Gasteiger partial charge in [0.1, 0.15) is 12.6 Å². The Balaban J connectivity index is 1.87. The van der Waals surface area contributed by atoms with E-state index in [4.69, 9.17) is 0 Å². The van der Waals surface area contributed by atoms with Gasteiger partial charge in [-0.2, -0.15) is 0 Å². The molecule has 3 rings (SSSR count). The van der Waals surface area contributed by atoms with E-state index in [1.165, 1.54) is 7.11 Å². The first-order valence-corrected chi connectivity index (χ1v) is 7.24. The minimum absolute atomic E-state index is 0.164. The molecule has 0 aliphatic carbocycles. The molecule has 1 aliphatic heterocycles. The van der Waals surface area contributed by atoms with Crippen molar-refractivity contribution < 1.29 is 14.3 Å². The highest BCUT2D eigenvalue weighted by molar-refractivity contribution is 5.81. The summed E-state index contributed by atoms with van der Waals surface area (Å²) >= 11 is 0. The number of hydrogen-bond donors (Lipinski definition) is 2. The number of fused-ring (bicyclic) bond motifs is 1. The van der Waals surface area contributed by atoms with Gasteiger partial charge in [0.2, 0.25) is 0 Å². The van der Waals surface area contributed by atoms with Crippen molar-refractivity contribution >= 4 is 12.0 Å². The fourth-order valence-corrected chi connectivity index (χ4v) is 2.70. The SMILES string of the molecule is COC(=O)CNC(=O)N1CCc2[nH]cnc2[C@H]1c1ccncc1. The second kappa shape index (κ2) is 6.47. The van der Waals surface area contributed by atoms with Gasteiger partial charge in [0.05, 0.1) is 19.1 Å². The van der Waals surface area contributed by atoms with Crippen LogP contribution in [-0.2, 0) is 16.0 Å². The van der Waals surface area contributed by atoms with E-state index in [-0.39, 0.29) is 18.6 Å². The molecule has 8 nitrogen and oxygen atoms in total. The van der Waals surface area contributed by atoms with Gasteiger partial charge in [0.15, 0.2) is 0 Å². The number of methoxy groups -OCH3 is 1. The van der Waals surface area contributed by atoms with Crippen molar-refractivity contribution in [3.05, 3.63) is 47.8 Å². The zero-order valence-corrected chi connectivity index (χ0v) is 12.7. The molecule has 23 heavy (non-hydrogen) atoms. The van der Waals surface area contributed by atoms with Gasteiger partial charge in [-0.3, -0.25) is 9.78 Å². The summed E-state index contributed by atoms with van der Waals surface area (Å²) in [5, 5.41) is 2.58. The minimum Gasteiger partial charge on any atom is -0.468 e. The molecule has 2 amide bonds. The van der Waals surface area contributed by atoms with E-state index in [0.717, 1.165) is 17.0 Å². The summed E-state index contributed by atoms with van der Waals surface area (Å²) in [5.41, 5.74) is 2.75. The Bertz CT molecular complexity index is 700. The van der Waals surface area contributed by atoms with E-state index in [1.54, 1.807) is 23.6 Å². The first kappa shape index (κ1) is 15.0. The molecule has 1 atom stereocenters. The van der Waals surface area contributed by atoms with Crippen LogP contribution in [-0.4, -0.2) is 52.1 Å². The number of H-pyrrole nitrogens is 1. The molecule has 0 fully saturated rings. The highest BCUT2D eigenvalue weighted by Gasteiger charge is 2.34. The minimum atomic E-state index is -0.490. The van der Waals surface area contributed by atoms with Crippen molar-refractivity contribution in [1.82, 2.24) is 25.2 Å². The van der Waals surface area contributed by atoms with E-state index >= 15 is 0 Å². The third-order valence-electron chi connectivity index (χ3n) is 3.82. The van der Waals surface area contributed by atoms with Crippen LogP contribution in [0.5, 0.6) is 0 Å². The lowest BCUT2D eigenvalue weighted by Gasteiger charge is -2.35. The molecule has 2 aromatic rings. The predicted octanol–water partition coefficient (Wildman–Crippen LogP) is 0.635. The van der Waals surface area contributed by atoms with E-state index in [1.807, 2.05) is 12.1 Å². The van der Waals surface area contributed by atoms with Gasteiger partial charge < -0.3 is 19.9 Å². The summed E-state index contributed by atoms with van der Waals surface area (Å²) < 4.78 is 4.55. The molecule has 2 aromatic heterocycles. The summed E-state index contributed by atoms with van der Waals surface area (Å²) in [5.74, 6) is -0.490. The lowest BCUT2D eigenvalue weighted by Crippen LogP contribution is -2.47. The number of aromatic amines is 1. The average Bonchev–Trinajstić information content (AvgIpc) is 3.07. The highest BCUT2D eigenvalue weighted by Crippen LogP contribution is 2.32. The molecular formula is C15H17N5O3. The smallest absolute Gasteiger partial charge is 0.325 e. The highest BCUT2D eigenvalue weighted by atomic mass is 16.5. The van der Waals surface area contributed by atoms with Crippen LogP contribution in [0.1, 0.15) is 23.0 Å². The van der Waals surface area contributed by atoms with Crippen LogP contribution >= 0.6 is 0 Å². The number of urea groups is 1. The van der Waals surface area contributed by atoms with Crippen molar-refractivity contribution in [2.24, 2.45) is 0 Å². The summed E-state index contributed by atoms with van der Waals surface area (Å²) in [6, 6.07) is 3.07. The van der Waals surface area contributed by atoms with Crippen molar-refractivity contribution in [3.8, 4) is 0 Å². The Labute approximate surface area is 132 Å². The Morgan fingerprint density at radius 1 is 1.43 bits per heavy atom. The summed E-state index contributed by atoms with van der Waals surface area (Å²) in [6.07, 6.45) is 5.68. The number of nitrogens with one attached hydrogen (secondary N) is 2. The van der Waals surface area contributed by atoms with Gasteiger partial charge in [-0.25, -0.2) is 9.78 Å². The number of carbonyl (C=O) groups is 2. The predicted molar refractivity (Wildman–Crippen MR) is 80.5 cm³/mol. The number of carbonyl (C=O) groups excluding carboxylic acids is 2. The van der Waals surface area contributed by atoms with Gasteiger partial charge in [0, 0.05) is 31.1 Å². The first-order chi connectivity index (χ1) is 11.2. The van der Waals surface area contributed by atoms with Crippen LogP contribution in [0.25, 0.3) is 0 Å². The second-order valence-corrected chi connectivity index (χ2v) is 5.13. The normalized spacial score (nSPS) is 16.6. The van der Waals surface area contributed by atoms with Crippen LogP contribution < -0.4 is 5.32 Å². The molecule has 2 N–H and O–H groups in total. The lowest BCUT2D eigenvalue weighted by molar-refractivity contribution is -0.139. The fraction of sp³-hybridized carbons (Fsp3) is 0.333. The molecule has 1 aliphatic rings. The summed E-state index contributed by atoms with van der Waals surface area (Å²) in [4.78, 5) is 36.9. The number of esters is 1. The van der Waals surface area contributed by atoms with Crippen LogP contribution in [0.4, 0.5) is 4.79 Å². The van der Waals surface area contributed by atoms with Gasteiger partial charge in [-0.15, -0.1) is 0 Å². The maximum Gasteiger partial charge on any atom is 0.325 e. The van der Waals surface area contributed by atoms with Crippen molar-refractivity contribution in [2.75, 3.05) is 20.2 Å². The molecule has 0 spiro atoms. The Morgan fingerprint density at radius 3 is 2.96 bits per heavy atom. The second-order valence-electron chi connectivity index (χ2n) is 5.13. The number of pyridine rings is 1. The van der Waals surface area contributed by atoms with Gasteiger partial charge >= 0.3 is 12.0 Å². The van der Waals surface area contributed by atoms with Crippen molar-refractivity contribution in [3.63, 3.8) is 0 Å². The molecule has 0 radical (unpaired) electrons. The molecule has 0 aromatic carbocycles. The first-order valence-electron chi connectivity index (χ1n) is 7.24. The standard InChI is InChI=1S/C15H17N5O3/c1-23-12(21)8-17-15(22)20-7-4-11-13(19-9-18-11)14(20)10-2-5-16-6-3-10/h2-3,5-6,9,14H,4,7-8H2,1H3,(H,17,22)(H,18,19)/t14-/m1/s1. The molecule has 0 bridgehead atoms. The zero-order valence-electron chi connectivity index (χ0n) is 12.7. The molecule has 0 saturated heterocycles. The lowest BCUT2D eigenvalue weighted by atomic mass is 9.97. The average molecular weight is 315 g/mol. The Hall–Kier alpha value is -2.90. The third-order valence-corrected chi connectivity index (χ3v) is 3.82. The molecule has 3 heterocycles. The van der Waals surface area contributed by atoms with Crippen LogP contribution in [0.15, 0.2) is 30.9 Å². The summed E-state index contributed by atoms with van der Waals surface area (Å²) in [6.45, 7) is 0.359. The third kappa shape index (κ3) is 3.01. The fourth-order valence-electron chi connectivity index (χ4n) is 2.70. The van der Waals surface area contributed by atoms with Crippen LogP contribution in [0.2, 0.25) is 0 Å². The summed E-state index contributed by atoms with van der Waals surface area (Å²) in [7, 11) is 1.28. The van der Waals surface area contributed by atoms with Crippen LogP contribution in [0, 0.1) is 0 Å². The zero-order chi connectivity index (χ0) is 16.2. The quantitative estimate of drug-likeness (QED) is 0.809. The van der Waals surface area contributed by atoms with E-state index in [2.05, 4.69) is 25.0 Å². The Kier molecular flexibility index (Phi) is 4.22. The van der Waals surface area contributed by atoms with Crippen molar-refractivity contribution in [1.29, 1.82) is 0 Å². The number of amides is 2. The molecular weight excluding hydrogens is 298 g/mol. The van der Waals surface area contributed by atoms with E-state index in [9.17, 15) is 9.59 Å². The molecule has 0 unspecified atom stereocenters. The van der Waals surface area contributed by atoms with Crippen LogP contribution in [0.3, 0.4) is 0 Å². The number of rotatable bonds is 3. The number of aromatic nitrogens is 3. The number of hydrogen-bond acceptors (Lipinski definition) is 5. The van der Waals surface area contributed by atoms with Crippen molar-refractivity contribution in [2.45, 2.75) is 12.5 Å². The van der Waals surface area contributed by atoms with E-state index < -0.39 is 5.97 Å².